The van der Waals surface area contributed by atoms with E-state index in [2.05, 4.69) is 9.97 Å². The van der Waals surface area contributed by atoms with Crippen molar-refractivity contribution in [3.8, 4) is 11.1 Å². The van der Waals surface area contributed by atoms with Crippen LogP contribution in [-0.4, -0.2) is 15.9 Å². The van der Waals surface area contributed by atoms with Crippen LogP contribution in [0.5, 0.6) is 0 Å². The number of halogens is 3. The van der Waals surface area contributed by atoms with Crippen LogP contribution in [-0.2, 0) is 23.9 Å². The summed E-state index contributed by atoms with van der Waals surface area (Å²) in [6.45, 7) is 2.26. The zero-order chi connectivity index (χ0) is 19.9. The smallest absolute Gasteiger partial charge is 0.306 e. The highest BCUT2D eigenvalue weighted by molar-refractivity contribution is 6.01. The van der Waals surface area contributed by atoms with Crippen LogP contribution in [0.25, 0.3) is 11.1 Å². The molecule has 1 aromatic carbocycles. The molecule has 7 heteroatoms. The van der Waals surface area contributed by atoms with Gasteiger partial charge in [-0.15, -0.1) is 0 Å². The molecule has 0 saturated carbocycles. The molecule has 4 rings (SSSR count). The molecule has 1 aliphatic heterocycles. The molecule has 0 spiro atoms. The second-order valence-electron chi connectivity index (χ2n) is 6.80. The van der Waals surface area contributed by atoms with E-state index >= 15 is 0 Å². The second kappa shape index (κ2) is 6.74. The number of nitrogens with zero attached hydrogens (tertiary/aromatic N) is 3. The zero-order valence-corrected chi connectivity index (χ0v) is 15.0. The number of hydrogen-bond acceptors (Lipinski definition) is 3. The summed E-state index contributed by atoms with van der Waals surface area (Å²) < 4.78 is 39.1. The van der Waals surface area contributed by atoms with Crippen LogP contribution in [0.4, 0.5) is 18.9 Å². The van der Waals surface area contributed by atoms with Crippen LogP contribution < -0.4 is 4.90 Å². The molecule has 4 nitrogen and oxygen atoms in total. The highest BCUT2D eigenvalue weighted by atomic mass is 19.4. The monoisotopic (exact) mass is 383 g/mol. The van der Waals surface area contributed by atoms with Crippen LogP contribution in [0.1, 0.15) is 22.4 Å². The average Bonchev–Trinajstić information content (AvgIpc) is 2.96. The van der Waals surface area contributed by atoms with E-state index in [-0.39, 0.29) is 12.3 Å². The largest absolute Gasteiger partial charge is 0.416 e. The van der Waals surface area contributed by atoms with E-state index in [4.69, 9.17) is 0 Å². The van der Waals surface area contributed by atoms with Gasteiger partial charge in [-0.25, -0.2) is 0 Å². The number of pyridine rings is 2. The van der Waals surface area contributed by atoms with Crippen molar-refractivity contribution in [2.24, 2.45) is 0 Å². The third-order valence-electron chi connectivity index (χ3n) is 4.65. The van der Waals surface area contributed by atoms with Gasteiger partial charge in [0.25, 0.3) is 0 Å². The van der Waals surface area contributed by atoms with Crippen molar-refractivity contribution in [1.29, 1.82) is 0 Å². The first-order valence-corrected chi connectivity index (χ1v) is 8.69. The fourth-order valence-electron chi connectivity index (χ4n) is 3.32. The number of carbonyl (C=O) groups excluding carboxylic acids is 1. The average molecular weight is 383 g/mol. The van der Waals surface area contributed by atoms with Crippen molar-refractivity contribution in [3.05, 3.63) is 77.4 Å². The van der Waals surface area contributed by atoms with Crippen LogP contribution in [0.15, 0.2) is 55.0 Å². The number of amides is 1. The maximum Gasteiger partial charge on any atom is 0.416 e. The summed E-state index contributed by atoms with van der Waals surface area (Å²) in [5, 5.41) is 0. The molecule has 0 atom stereocenters. The van der Waals surface area contributed by atoms with Gasteiger partial charge in [0.2, 0.25) is 5.91 Å². The lowest BCUT2D eigenvalue weighted by Crippen LogP contribution is -2.26. The van der Waals surface area contributed by atoms with Gasteiger partial charge in [-0.2, -0.15) is 13.2 Å². The van der Waals surface area contributed by atoms with Gasteiger partial charge in [0.05, 0.1) is 29.9 Å². The standard InChI is InChI=1S/C21H16F3N3O/c1-13-5-14(10-25-9-13)12-27-19-7-16(11-26-18(19)8-20(27)28)15-3-2-4-17(6-15)21(22,23)24/h2-7,9-11H,8,12H2,1H3. The molecule has 0 radical (unpaired) electrons. The van der Waals surface area contributed by atoms with Gasteiger partial charge in [0.1, 0.15) is 0 Å². The highest BCUT2D eigenvalue weighted by Gasteiger charge is 2.31. The lowest BCUT2D eigenvalue weighted by Gasteiger charge is -2.18. The van der Waals surface area contributed by atoms with E-state index in [1.54, 1.807) is 29.4 Å². The van der Waals surface area contributed by atoms with E-state index in [0.29, 0.717) is 29.1 Å². The van der Waals surface area contributed by atoms with E-state index in [9.17, 15) is 18.0 Å². The number of fused-ring (bicyclic) bond motifs is 1. The Balaban J connectivity index is 1.70. The molecule has 3 heterocycles. The first kappa shape index (κ1) is 18.2. The highest BCUT2D eigenvalue weighted by Crippen LogP contribution is 2.35. The minimum Gasteiger partial charge on any atom is -0.306 e. The van der Waals surface area contributed by atoms with Gasteiger partial charge < -0.3 is 4.90 Å². The summed E-state index contributed by atoms with van der Waals surface area (Å²) >= 11 is 0. The molecule has 1 aliphatic rings. The minimum absolute atomic E-state index is 0.0924. The Bertz CT molecular complexity index is 1060. The number of aromatic nitrogens is 2. The maximum absolute atomic E-state index is 13.0. The zero-order valence-electron chi connectivity index (χ0n) is 15.0. The van der Waals surface area contributed by atoms with Gasteiger partial charge in [-0.1, -0.05) is 18.2 Å². The predicted octanol–water partition coefficient (Wildman–Crippen LogP) is 4.56. The molecule has 0 bridgehead atoms. The van der Waals surface area contributed by atoms with Crippen molar-refractivity contribution >= 4 is 11.6 Å². The fraction of sp³-hybridized carbons (Fsp3) is 0.190. The Hall–Kier alpha value is -3.22. The number of benzene rings is 1. The lowest BCUT2D eigenvalue weighted by molar-refractivity contribution is -0.137. The van der Waals surface area contributed by atoms with E-state index in [0.717, 1.165) is 23.3 Å². The first-order valence-electron chi connectivity index (χ1n) is 8.69. The predicted molar refractivity (Wildman–Crippen MR) is 98.5 cm³/mol. The van der Waals surface area contributed by atoms with Crippen LogP contribution >= 0.6 is 0 Å². The Morgan fingerprint density at radius 2 is 1.89 bits per heavy atom. The first-order chi connectivity index (χ1) is 13.3. The third-order valence-corrected chi connectivity index (χ3v) is 4.65. The molecule has 1 amide bonds. The van der Waals surface area contributed by atoms with Crippen molar-refractivity contribution in [3.63, 3.8) is 0 Å². The molecular weight excluding hydrogens is 367 g/mol. The Morgan fingerprint density at radius 1 is 1.07 bits per heavy atom. The summed E-state index contributed by atoms with van der Waals surface area (Å²) in [5.41, 5.74) is 3.34. The van der Waals surface area contributed by atoms with Gasteiger partial charge in [-0.3, -0.25) is 14.8 Å². The number of anilines is 1. The van der Waals surface area contributed by atoms with Gasteiger partial charge in [0.15, 0.2) is 0 Å². The summed E-state index contributed by atoms with van der Waals surface area (Å²) in [6.07, 6.45) is 0.704. The quantitative estimate of drug-likeness (QED) is 0.666. The number of carbonyl (C=O) groups is 1. The molecule has 0 fully saturated rings. The van der Waals surface area contributed by atoms with E-state index in [1.807, 2.05) is 13.0 Å². The molecule has 0 aliphatic carbocycles. The molecule has 0 unspecified atom stereocenters. The van der Waals surface area contributed by atoms with Crippen LogP contribution in [0, 0.1) is 6.92 Å². The maximum atomic E-state index is 13.0. The molecule has 3 aromatic rings. The summed E-state index contributed by atoms with van der Waals surface area (Å²) in [7, 11) is 0. The molecule has 0 N–H and O–H groups in total. The Morgan fingerprint density at radius 3 is 2.64 bits per heavy atom. The number of rotatable bonds is 3. The summed E-state index contributed by atoms with van der Waals surface area (Å²) in [6, 6.07) is 8.77. The molecular formula is C21H16F3N3O. The number of alkyl halides is 3. The Labute approximate surface area is 159 Å². The third kappa shape index (κ3) is 3.47. The second-order valence-corrected chi connectivity index (χ2v) is 6.80. The number of aryl methyl sites for hydroxylation is 1. The molecule has 28 heavy (non-hydrogen) atoms. The normalized spacial score (nSPS) is 13.7. The Kier molecular flexibility index (Phi) is 4.37. The van der Waals surface area contributed by atoms with E-state index in [1.165, 1.54) is 12.3 Å². The van der Waals surface area contributed by atoms with Crippen LogP contribution in [0.3, 0.4) is 0 Å². The molecule has 2 aromatic heterocycles. The lowest BCUT2D eigenvalue weighted by atomic mass is 10.0. The summed E-state index contributed by atoms with van der Waals surface area (Å²) in [5.74, 6) is -0.0924. The van der Waals surface area contributed by atoms with Crippen molar-refractivity contribution in [1.82, 2.24) is 9.97 Å². The van der Waals surface area contributed by atoms with Gasteiger partial charge in [0, 0.05) is 24.2 Å². The number of hydrogen-bond donors (Lipinski definition) is 0. The fourth-order valence-corrected chi connectivity index (χ4v) is 3.32. The minimum atomic E-state index is -4.42. The van der Waals surface area contributed by atoms with Crippen LogP contribution in [0.2, 0.25) is 0 Å². The SMILES string of the molecule is Cc1cncc(CN2C(=O)Cc3ncc(-c4cccc(C(F)(F)F)c4)cc32)c1. The van der Waals surface area contributed by atoms with Gasteiger partial charge >= 0.3 is 6.18 Å². The van der Waals surface area contributed by atoms with Crippen molar-refractivity contribution in [2.45, 2.75) is 26.1 Å². The van der Waals surface area contributed by atoms with E-state index < -0.39 is 11.7 Å². The summed E-state index contributed by atoms with van der Waals surface area (Å²) in [4.78, 5) is 22.6. The molecule has 142 valence electrons. The molecule has 0 saturated heterocycles. The van der Waals surface area contributed by atoms with Crippen molar-refractivity contribution < 1.29 is 18.0 Å². The van der Waals surface area contributed by atoms with Gasteiger partial charge in [-0.05, 0) is 41.8 Å². The van der Waals surface area contributed by atoms with Crippen molar-refractivity contribution in [2.75, 3.05) is 4.90 Å². The topological polar surface area (TPSA) is 46.1 Å².